The van der Waals surface area contributed by atoms with Gasteiger partial charge in [-0.3, -0.25) is 9.59 Å². The summed E-state index contributed by atoms with van der Waals surface area (Å²) < 4.78 is 0. The zero-order chi connectivity index (χ0) is 15.9. The molecule has 0 aromatic heterocycles. The van der Waals surface area contributed by atoms with Gasteiger partial charge in [0.2, 0.25) is 5.91 Å². The predicted molar refractivity (Wildman–Crippen MR) is 91.5 cm³/mol. The Hall–Kier alpha value is -1.30. The van der Waals surface area contributed by atoms with E-state index in [0.29, 0.717) is 30.1 Å². The number of amides is 2. The van der Waals surface area contributed by atoms with Crippen LogP contribution in [-0.2, 0) is 4.79 Å². The van der Waals surface area contributed by atoms with Crippen molar-refractivity contribution in [2.75, 3.05) is 13.1 Å². The molecule has 0 saturated carbocycles. The highest BCUT2D eigenvalue weighted by atomic mass is 35.5. The van der Waals surface area contributed by atoms with Gasteiger partial charge in [0, 0.05) is 23.7 Å². The van der Waals surface area contributed by atoms with E-state index in [1.165, 1.54) is 0 Å². The van der Waals surface area contributed by atoms with Crippen molar-refractivity contribution in [3.63, 3.8) is 0 Å². The van der Waals surface area contributed by atoms with Crippen LogP contribution in [0.15, 0.2) is 24.3 Å². The van der Waals surface area contributed by atoms with Gasteiger partial charge in [-0.2, -0.15) is 0 Å². The molecule has 0 heterocycles. The zero-order valence-electron chi connectivity index (χ0n) is 12.8. The first-order valence-electron chi connectivity index (χ1n) is 6.98. The standard InChI is InChI=1S/C15H22ClN3O2.ClH/c1-3-8-15(2,17)14(21)19-10-9-18-13(20)11-4-6-12(16)7-5-11;/h4-7H,3,8-10,17H2,1-2H3,(H,18,20)(H,19,21);1H. The minimum Gasteiger partial charge on any atom is -0.353 e. The van der Waals surface area contributed by atoms with E-state index in [2.05, 4.69) is 10.6 Å². The summed E-state index contributed by atoms with van der Waals surface area (Å²) in [5.41, 5.74) is 5.57. The molecule has 1 aromatic rings. The fourth-order valence-electron chi connectivity index (χ4n) is 1.89. The summed E-state index contributed by atoms with van der Waals surface area (Å²) in [6, 6.07) is 6.61. The molecule has 0 saturated heterocycles. The third kappa shape index (κ3) is 6.64. The Morgan fingerprint density at radius 2 is 1.73 bits per heavy atom. The van der Waals surface area contributed by atoms with E-state index in [-0.39, 0.29) is 24.2 Å². The monoisotopic (exact) mass is 347 g/mol. The largest absolute Gasteiger partial charge is 0.353 e. The van der Waals surface area contributed by atoms with Gasteiger partial charge in [-0.1, -0.05) is 24.9 Å². The van der Waals surface area contributed by atoms with E-state index in [0.717, 1.165) is 6.42 Å². The molecule has 1 unspecified atom stereocenters. The summed E-state index contributed by atoms with van der Waals surface area (Å²) >= 11 is 5.76. The van der Waals surface area contributed by atoms with Crippen LogP contribution in [0.25, 0.3) is 0 Å². The molecule has 0 aliphatic carbocycles. The lowest BCUT2D eigenvalue weighted by Crippen LogP contribution is -2.52. The molecular weight excluding hydrogens is 325 g/mol. The molecular formula is C15H23Cl2N3O2. The SMILES string of the molecule is CCCC(C)(N)C(=O)NCCNC(=O)c1ccc(Cl)cc1.Cl. The van der Waals surface area contributed by atoms with Gasteiger partial charge in [-0.15, -0.1) is 12.4 Å². The molecule has 0 radical (unpaired) electrons. The minimum atomic E-state index is -0.866. The van der Waals surface area contributed by atoms with Crippen molar-refractivity contribution >= 4 is 35.8 Å². The lowest BCUT2D eigenvalue weighted by Gasteiger charge is -2.22. The highest BCUT2D eigenvalue weighted by Gasteiger charge is 2.26. The topological polar surface area (TPSA) is 84.2 Å². The highest BCUT2D eigenvalue weighted by Crippen LogP contribution is 2.09. The summed E-state index contributed by atoms with van der Waals surface area (Å²) in [5, 5.41) is 6.02. The Kier molecular flexibility index (Phi) is 9.09. The number of carbonyl (C=O) groups is 2. The molecule has 0 bridgehead atoms. The summed E-state index contributed by atoms with van der Waals surface area (Å²) in [6.07, 6.45) is 1.46. The van der Waals surface area contributed by atoms with Crippen molar-refractivity contribution in [3.05, 3.63) is 34.9 Å². The molecule has 124 valence electrons. The quantitative estimate of drug-likeness (QED) is 0.660. The van der Waals surface area contributed by atoms with Gasteiger partial charge in [0.05, 0.1) is 5.54 Å². The van der Waals surface area contributed by atoms with Gasteiger partial charge in [0.1, 0.15) is 0 Å². The van der Waals surface area contributed by atoms with Gasteiger partial charge in [-0.05, 0) is 37.6 Å². The second-order valence-electron chi connectivity index (χ2n) is 5.19. The molecule has 5 nitrogen and oxygen atoms in total. The summed E-state index contributed by atoms with van der Waals surface area (Å²) in [5.74, 6) is -0.407. The van der Waals surface area contributed by atoms with E-state index in [4.69, 9.17) is 17.3 Å². The first-order chi connectivity index (χ1) is 9.86. The maximum atomic E-state index is 11.8. The molecule has 1 atom stereocenters. The van der Waals surface area contributed by atoms with Gasteiger partial charge in [0.15, 0.2) is 0 Å². The van der Waals surface area contributed by atoms with Crippen LogP contribution < -0.4 is 16.4 Å². The van der Waals surface area contributed by atoms with Gasteiger partial charge in [-0.25, -0.2) is 0 Å². The molecule has 1 aromatic carbocycles. The number of carbonyl (C=O) groups excluding carboxylic acids is 2. The number of benzene rings is 1. The highest BCUT2D eigenvalue weighted by molar-refractivity contribution is 6.30. The van der Waals surface area contributed by atoms with Gasteiger partial charge in [0.25, 0.3) is 5.91 Å². The summed E-state index contributed by atoms with van der Waals surface area (Å²) in [4.78, 5) is 23.7. The third-order valence-corrected chi connectivity index (χ3v) is 3.34. The molecule has 7 heteroatoms. The van der Waals surface area contributed by atoms with Crippen LogP contribution in [0, 0.1) is 0 Å². The van der Waals surface area contributed by atoms with E-state index < -0.39 is 5.54 Å². The number of rotatable bonds is 7. The van der Waals surface area contributed by atoms with Crippen molar-refractivity contribution in [3.8, 4) is 0 Å². The number of halogens is 2. The lowest BCUT2D eigenvalue weighted by atomic mass is 9.97. The van der Waals surface area contributed by atoms with Crippen molar-refractivity contribution < 1.29 is 9.59 Å². The molecule has 0 fully saturated rings. The second kappa shape index (κ2) is 9.66. The molecule has 1 rings (SSSR count). The normalized spacial score (nSPS) is 12.7. The molecule has 2 amide bonds. The van der Waals surface area contributed by atoms with Crippen LogP contribution in [-0.4, -0.2) is 30.4 Å². The maximum absolute atomic E-state index is 11.8. The van der Waals surface area contributed by atoms with Crippen molar-refractivity contribution in [2.24, 2.45) is 5.73 Å². The molecule has 22 heavy (non-hydrogen) atoms. The summed E-state index contributed by atoms with van der Waals surface area (Å²) in [7, 11) is 0. The average molecular weight is 348 g/mol. The van der Waals surface area contributed by atoms with Crippen LogP contribution in [0.1, 0.15) is 37.0 Å². The third-order valence-electron chi connectivity index (χ3n) is 3.09. The van der Waals surface area contributed by atoms with Crippen molar-refractivity contribution in [2.45, 2.75) is 32.2 Å². The summed E-state index contributed by atoms with van der Waals surface area (Å²) in [6.45, 7) is 4.37. The van der Waals surface area contributed by atoms with E-state index in [1.54, 1.807) is 31.2 Å². The van der Waals surface area contributed by atoms with Gasteiger partial charge >= 0.3 is 0 Å². The van der Waals surface area contributed by atoms with Crippen LogP contribution in [0.3, 0.4) is 0 Å². The zero-order valence-corrected chi connectivity index (χ0v) is 14.4. The van der Waals surface area contributed by atoms with Crippen LogP contribution in [0.5, 0.6) is 0 Å². The van der Waals surface area contributed by atoms with Crippen LogP contribution in [0.2, 0.25) is 5.02 Å². The van der Waals surface area contributed by atoms with Gasteiger partial charge < -0.3 is 16.4 Å². The second-order valence-corrected chi connectivity index (χ2v) is 5.62. The number of nitrogens with two attached hydrogens (primary N) is 1. The van der Waals surface area contributed by atoms with Crippen LogP contribution in [0.4, 0.5) is 0 Å². The molecule has 4 N–H and O–H groups in total. The van der Waals surface area contributed by atoms with Crippen LogP contribution >= 0.6 is 24.0 Å². The minimum absolute atomic E-state index is 0. The Morgan fingerprint density at radius 3 is 2.27 bits per heavy atom. The fraction of sp³-hybridized carbons (Fsp3) is 0.467. The lowest BCUT2D eigenvalue weighted by molar-refractivity contribution is -0.126. The smallest absolute Gasteiger partial charge is 0.251 e. The van der Waals surface area contributed by atoms with E-state index >= 15 is 0 Å². The Balaban J connectivity index is 0.00000441. The number of hydrogen-bond donors (Lipinski definition) is 3. The number of nitrogens with one attached hydrogen (secondary N) is 2. The van der Waals surface area contributed by atoms with E-state index in [1.807, 2.05) is 6.92 Å². The maximum Gasteiger partial charge on any atom is 0.251 e. The average Bonchev–Trinajstić information content (AvgIpc) is 2.43. The first kappa shape index (κ1) is 20.7. The van der Waals surface area contributed by atoms with Crippen molar-refractivity contribution in [1.82, 2.24) is 10.6 Å². The van der Waals surface area contributed by atoms with Crippen molar-refractivity contribution in [1.29, 1.82) is 0 Å². The Bertz CT molecular complexity index is 490. The predicted octanol–water partition coefficient (Wildman–Crippen LogP) is 2.13. The Labute approximate surface area is 142 Å². The molecule has 0 aliphatic rings. The number of hydrogen-bond acceptors (Lipinski definition) is 3. The Morgan fingerprint density at radius 1 is 1.18 bits per heavy atom. The molecule has 0 spiro atoms. The fourth-order valence-corrected chi connectivity index (χ4v) is 2.02. The molecule has 0 aliphatic heterocycles. The first-order valence-corrected chi connectivity index (χ1v) is 7.35. The van der Waals surface area contributed by atoms with E-state index in [9.17, 15) is 9.59 Å².